The summed E-state index contributed by atoms with van der Waals surface area (Å²) in [4.78, 5) is 8.40. The van der Waals surface area contributed by atoms with Crippen LogP contribution in [0.2, 0.25) is 0 Å². The first kappa shape index (κ1) is 15.5. The lowest BCUT2D eigenvalue weighted by molar-refractivity contribution is 0.0867. The summed E-state index contributed by atoms with van der Waals surface area (Å²) in [6.45, 7) is 3.09. The van der Waals surface area contributed by atoms with Crippen LogP contribution in [0, 0.1) is 6.92 Å². The number of fused-ring (bicyclic) bond motifs is 1. The van der Waals surface area contributed by atoms with Crippen molar-refractivity contribution < 1.29 is 14.2 Å². The highest BCUT2D eigenvalue weighted by Crippen LogP contribution is 2.44. The van der Waals surface area contributed by atoms with Crippen LogP contribution in [0.1, 0.15) is 22.9 Å². The number of nitrogens with zero attached hydrogens (tertiary/aromatic N) is 3. The van der Waals surface area contributed by atoms with Crippen molar-refractivity contribution in [2.45, 2.75) is 19.6 Å². The summed E-state index contributed by atoms with van der Waals surface area (Å²) < 4.78 is 19.6. The minimum absolute atomic E-state index is 0.200. The lowest BCUT2D eigenvalue weighted by Crippen LogP contribution is -2.22. The molecule has 1 aliphatic rings. The number of benzene rings is 1. The molecule has 25 heavy (non-hydrogen) atoms. The Morgan fingerprint density at radius 1 is 1.32 bits per heavy atom. The fraction of sp³-hybridized carbons (Fsp3) is 0.263. The Bertz CT molecular complexity index is 843. The summed E-state index contributed by atoms with van der Waals surface area (Å²) in [6.07, 6.45) is 7.09. The Labute approximate surface area is 146 Å². The van der Waals surface area contributed by atoms with Crippen LogP contribution in [0.5, 0.6) is 17.2 Å². The van der Waals surface area contributed by atoms with E-state index in [0.29, 0.717) is 30.4 Å². The molecule has 0 radical (unpaired) electrons. The van der Waals surface area contributed by atoms with Crippen molar-refractivity contribution in [2.24, 2.45) is 0 Å². The van der Waals surface area contributed by atoms with Crippen molar-refractivity contribution in [3.8, 4) is 17.2 Å². The average Bonchev–Trinajstić information content (AvgIpc) is 3.14. The van der Waals surface area contributed by atoms with Crippen molar-refractivity contribution in [3.63, 3.8) is 0 Å². The molecule has 2 aromatic heterocycles. The van der Waals surface area contributed by atoms with E-state index in [4.69, 9.17) is 14.2 Å². The monoisotopic (exact) mass is 337 g/mol. The second-order valence-electron chi connectivity index (χ2n) is 6.01. The number of ether oxygens (including phenoxy) is 3. The SMILES string of the molecule is COc1cc(Cn2ccnc2)cc2c1OC(c1ccc(C)nc1)CO2. The van der Waals surface area contributed by atoms with Gasteiger partial charge in [-0.15, -0.1) is 0 Å². The van der Waals surface area contributed by atoms with Crippen LogP contribution in [0.4, 0.5) is 0 Å². The van der Waals surface area contributed by atoms with Crippen LogP contribution < -0.4 is 14.2 Å². The molecule has 0 saturated carbocycles. The highest BCUT2D eigenvalue weighted by molar-refractivity contribution is 5.55. The Kier molecular flexibility index (Phi) is 4.01. The third-order valence-electron chi connectivity index (χ3n) is 4.18. The summed E-state index contributed by atoms with van der Waals surface area (Å²) in [6, 6.07) is 7.94. The van der Waals surface area contributed by atoms with Gasteiger partial charge in [0.15, 0.2) is 17.6 Å². The molecule has 0 N–H and O–H groups in total. The number of hydrogen-bond donors (Lipinski definition) is 0. The summed E-state index contributed by atoms with van der Waals surface area (Å²) >= 11 is 0. The minimum atomic E-state index is -0.200. The molecule has 0 fully saturated rings. The maximum atomic E-state index is 6.16. The van der Waals surface area contributed by atoms with Gasteiger partial charge in [0.1, 0.15) is 6.61 Å². The van der Waals surface area contributed by atoms with Gasteiger partial charge in [0.05, 0.1) is 13.4 Å². The van der Waals surface area contributed by atoms with Crippen molar-refractivity contribution in [2.75, 3.05) is 13.7 Å². The number of hydrogen-bond acceptors (Lipinski definition) is 5. The lowest BCUT2D eigenvalue weighted by atomic mass is 10.1. The van der Waals surface area contributed by atoms with Gasteiger partial charge in [-0.2, -0.15) is 0 Å². The molecule has 0 aliphatic carbocycles. The number of pyridine rings is 1. The van der Waals surface area contributed by atoms with Gasteiger partial charge in [0, 0.05) is 36.4 Å². The normalized spacial score (nSPS) is 15.8. The van der Waals surface area contributed by atoms with E-state index in [9.17, 15) is 0 Å². The first-order valence-corrected chi connectivity index (χ1v) is 8.11. The van der Waals surface area contributed by atoms with Crippen molar-refractivity contribution in [1.82, 2.24) is 14.5 Å². The molecule has 0 saturated heterocycles. The van der Waals surface area contributed by atoms with Crippen molar-refractivity contribution >= 4 is 0 Å². The van der Waals surface area contributed by atoms with E-state index in [1.54, 1.807) is 19.6 Å². The largest absolute Gasteiger partial charge is 0.493 e. The third kappa shape index (κ3) is 3.15. The summed E-state index contributed by atoms with van der Waals surface area (Å²) in [7, 11) is 1.64. The van der Waals surface area contributed by atoms with Crippen LogP contribution in [0.25, 0.3) is 0 Å². The molecule has 6 heteroatoms. The van der Waals surface area contributed by atoms with E-state index in [1.807, 2.05) is 48.1 Å². The molecule has 0 bridgehead atoms. The molecule has 3 aromatic rings. The smallest absolute Gasteiger partial charge is 0.204 e. The zero-order valence-electron chi connectivity index (χ0n) is 14.2. The fourth-order valence-electron chi connectivity index (χ4n) is 2.86. The summed E-state index contributed by atoms with van der Waals surface area (Å²) in [5.41, 5.74) is 3.02. The van der Waals surface area contributed by atoms with Gasteiger partial charge in [-0.3, -0.25) is 4.98 Å². The first-order valence-electron chi connectivity index (χ1n) is 8.11. The van der Waals surface area contributed by atoms with Crippen LogP contribution >= 0.6 is 0 Å². The maximum absolute atomic E-state index is 6.16. The number of rotatable bonds is 4. The molecule has 1 aliphatic heterocycles. The van der Waals surface area contributed by atoms with Crippen molar-refractivity contribution in [1.29, 1.82) is 0 Å². The van der Waals surface area contributed by atoms with Crippen LogP contribution in [-0.2, 0) is 6.54 Å². The number of methoxy groups -OCH3 is 1. The second-order valence-corrected chi connectivity index (χ2v) is 6.01. The Morgan fingerprint density at radius 2 is 2.24 bits per heavy atom. The van der Waals surface area contributed by atoms with E-state index in [2.05, 4.69) is 9.97 Å². The number of imidazole rings is 1. The second kappa shape index (κ2) is 6.47. The van der Waals surface area contributed by atoms with Crippen LogP contribution in [0.3, 0.4) is 0 Å². The van der Waals surface area contributed by atoms with E-state index >= 15 is 0 Å². The molecule has 1 atom stereocenters. The molecule has 4 rings (SSSR count). The van der Waals surface area contributed by atoms with Crippen LogP contribution in [-0.4, -0.2) is 28.3 Å². The lowest BCUT2D eigenvalue weighted by Gasteiger charge is -2.28. The first-order chi connectivity index (χ1) is 12.2. The van der Waals surface area contributed by atoms with Crippen LogP contribution in [0.15, 0.2) is 49.2 Å². The number of aromatic nitrogens is 3. The Hall–Kier alpha value is -3.02. The van der Waals surface area contributed by atoms with E-state index < -0.39 is 0 Å². The standard InChI is InChI=1S/C19H19N3O3/c1-13-3-4-15(9-21-13)18-11-24-17-8-14(10-22-6-5-20-12-22)7-16(23-2)19(17)25-18/h3-9,12,18H,10-11H2,1-2H3. The molecule has 1 aromatic carbocycles. The summed E-state index contributed by atoms with van der Waals surface area (Å²) in [5, 5.41) is 0. The van der Waals surface area contributed by atoms with Gasteiger partial charge in [-0.1, -0.05) is 6.07 Å². The van der Waals surface area contributed by atoms with Gasteiger partial charge in [-0.25, -0.2) is 4.98 Å². The molecular weight excluding hydrogens is 318 g/mol. The minimum Gasteiger partial charge on any atom is -0.493 e. The summed E-state index contributed by atoms with van der Waals surface area (Å²) in [5.74, 6) is 2.00. The number of aryl methyl sites for hydroxylation is 1. The maximum Gasteiger partial charge on any atom is 0.204 e. The predicted octanol–water partition coefficient (Wildman–Crippen LogP) is 3.16. The molecular formula is C19H19N3O3. The molecule has 0 amide bonds. The third-order valence-corrected chi connectivity index (χ3v) is 4.18. The van der Waals surface area contributed by atoms with Crippen molar-refractivity contribution in [3.05, 3.63) is 66.0 Å². The Morgan fingerprint density at radius 3 is 2.96 bits per heavy atom. The van der Waals surface area contributed by atoms with E-state index in [-0.39, 0.29) is 6.10 Å². The Balaban J connectivity index is 1.62. The molecule has 1 unspecified atom stereocenters. The highest BCUT2D eigenvalue weighted by Gasteiger charge is 2.26. The molecule has 3 heterocycles. The van der Waals surface area contributed by atoms with Gasteiger partial charge in [0.2, 0.25) is 5.75 Å². The molecule has 0 spiro atoms. The fourth-order valence-corrected chi connectivity index (χ4v) is 2.86. The van der Waals surface area contributed by atoms with Gasteiger partial charge >= 0.3 is 0 Å². The van der Waals surface area contributed by atoms with Gasteiger partial charge in [0.25, 0.3) is 0 Å². The quantitative estimate of drug-likeness (QED) is 0.732. The van der Waals surface area contributed by atoms with Gasteiger partial charge in [-0.05, 0) is 30.7 Å². The average molecular weight is 337 g/mol. The van der Waals surface area contributed by atoms with Gasteiger partial charge < -0.3 is 18.8 Å². The topological polar surface area (TPSA) is 58.4 Å². The highest BCUT2D eigenvalue weighted by atomic mass is 16.6. The van der Waals surface area contributed by atoms with E-state index in [0.717, 1.165) is 16.8 Å². The molecule has 6 nitrogen and oxygen atoms in total. The molecule has 128 valence electrons. The zero-order valence-corrected chi connectivity index (χ0v) is 14.2. The zero-order chi connectivity index (χ0) is 17.2. The predicted molar refractivity (Wildman–Crippen MR) is 92.2 cm³/mol. The van der Waals surface area contributed by atoms with E-state index in [1.165, 1.54) is 0 Å².